The molecule has 1 aliphatic heterocycles. The number of hydrogen-bond donors (Lipinski definition) is 1. The Morgan fingerprint density at radius 3 is 2.33 bits per heavy atom. The average Bonchev–Trinajstić information content (AvgIpc) is 3.46. The summed E-state index contributed by atoms with van der Waals surface area (Å²) in [6.07, 6.45) is 1.76. The minimum Gasteiger partial charge on any atom is -0.497 e. The van der Waals surface area contributed by atoms with Crippen molar-refractivity contribution in [3.05, 3.63) is 99.6 Å². The summed E-state index contributed by atoms with van der Waals surface area (Å²) in [6.45, 7) is 4.01. The van der Waals surface area contributed by atoms with Gasteiger partial charge in [-0.3, -0.25) is 15.1 Å². The number of nitrogens with zero attached hydrogens (tertiary/aromatic N) is 4. The van der Waals surface area contributed by atoms with Gasteiger partial charge in [0.05, 0.1) is 61.5 Å². The summed E-state index contributed by atoms with van der Waals surface area (Å²) in [7, 11) is 4.73. The fourth-order valence-electron chi connectivity index (χ4n) is 5.34. The molecule has 10 nitrogen and oxygen atoms in total. The van der Waals surface area contributed by atoms with Gasteiger partial charge in [0, 0.05) is 29.7 Å². The fourth-order valence-corrected chi connectivity index (χ4v) is 5.68. The van der Waals surface area contributed by atoms with Crippen LogP contribution in [0.2, 0.25) is 0 Å². The number of aryl methyl sites for hydroxylation is 1. The van der Waals surface area contributed by atoms with Crippen LogP contribution in [0.1, 0.15) is 34.7 Å². The minimum absolute atomic E-state index is 0.0402. The maximum atomic E-state index is 11.4. The first kappa shape index (κ1) is 26.9. The summed E-state index contributed by atoms with van der Waals surface area (Å²) in [4.78, 5) is 17.7. The second kappa shape index (κ2) is 10.9. The van der Waals surface area contributed by atoms with Gasteiger partial charge < -0.3 is 29.0 Å². The SMILES string of the molecule is COc1ccc(N2C(=S)N[C@H](c3ccccn3)[C@@H]2c2cc(C)n(-c3ccc([N+](=O)[O-])cc3OC)c2C)c(OC)c1. The number of hydrogen-bond acceptors (Lipinski definition) is 7. The predicted octanol–water partition coefficient (Wildman–Crippen LogP) is 5.60. The Bertz CT molecular complexity index is 1590. The minimum atomic E-state index is -0.435. The van der Waals surface area contributed by atoms with Crippen molar-refractivity contribution in [3.63, 3.8) is 0 Å². The highest BCUT2D eigenvalue weighted by atomic mass is 32.1. The summed E-state index contributed by atoms with van der Waals surface area (Å²) < 4.78 is 18.8. The average molecular weight is 560 g/mol. The number of benzene rings is 2. The zero-order valence-corrected chi connectivity index (χ0v) is 23.6. The quantitative estimate of drug-likeness (QED) is 0.168. The first-order chi connectivity index (χ1) is 19.3. The van der Waals surface area contributed by atoms with E-state index in [9.17, 15) is 10.1 Å². The third kappa shape index (κ3) is 4.58. The Balaban J connectivity index is 1.70. The van der Waals surface area contributed by atoms with E-state index in [-0.39, 0.29) is 17.8 Å². The third-order valence-electron chi connectivity index (χ3n) is 7.15. The second-order valence-electron chi connectivity index (χ2n) is 9.31. The van der Waals surface area contributed by atoms with E-state index >= 15 is 0 Å². The van der Waals surface area contributed by atoms with E-state index in [1.165, 1.54) is 19.2 Å². The molecule has 0 amide bonds. The normalized spacial score (nSPS) is 16.5. The van der Waals surface area contributed by atoms with Crippen molar-refractivity contribution >= 4 is 28.7 Å². The number of pyridine rings is 1. The molecule has 0 saturated carbocycles. The molecular weight excluding hydrogens is 530 g/mol. The lowest BCUT2D eigenvalue weighted by Crippen LogP contribution is -2.30. The van der Waals surface area contributed by atoms with Gasteiger partial charge in [-0.05, 0) is 68.0 Å². The van der Waals surface area contributed by atoms with E-state index in [0.29, 0.717) is 28.0 Å². The van der Waals surface area contributed by atoms with Gasteiger partial charge in [0.25, 0.3) is 5.69 Å². The Morgan fingerprint density at radius 2 is 1.68 bits per heavy atom. The van der Waals surface area contributed by atoms with Crippen LogP contribution in [-0.4, -0.2) is 40.9 Å². The van der Waals surface area contributed by atoms with Crippen molar-refractivity contribution in [3.8, 4) is 22.9 Å². The van der Waals surface area contributed by atoms with Crippen LogP contribution in [-0.2, 0) is 0 Å². The van der Waals surface area contributed by atoms with E-state index in [4.69, 9.17) is 26.4 Å². The molecule has 40 heavy (non-hydrogen) atoms. The predicted molar refractivity (Wildman–Crippen MR) is 156 cm³/mol. The molecule has 0 bridgehead atoms. The number of thiocarbonyl (C=S) groups is 1. The molecular formula is C29H29N5O5S. The van der Waals surface area contributed by atoms with Crippen LogP contribution >= 0.6 is 12.2 Å². The molecule has 206 valence electrons. The van der Waals surface area contributed by atoms with Gasteiger partial charge in [0.2, 0.25) is 0 Å². The van der Waals surface area contributed by atoms with Gasteiger partial charge in [0.1, 0.15) is 17.2 Å². The molecule has 3 heterocycles. The largest absolute Gasteiger partial charge is 0.497 e. The third-order valence-corrected chi connectivity index (χ3v) is 7.46. The number of nitro benzene ring substituents is 1. The lowest BCUT2D eigenvalue weighted by atomic mass is 9.96. The first-order valence-electron chi connectivity index (χ1n) is 12.5. The van der Waals surface area contributed by atoms with Crippen molar-refractivity contribution in [1.82, 2.24) is 14.9 Å². The Hall–Kier alpha value is -4.64. The smallest absolute Gasteiger partial charge is 0.273 e. The molecule has 2 aromatic heterocycles. The van der Waals surface area contributed by atoms with Crippen molar-refractivity contribution in [2.75, 3.05) is 26.2 Å². The lowest BCUT2D eigenvalue weighted by Gasteiger charge is -2.29. The van der Waals surface area contributed by atoms with Crippen LogP contribution in [0.4, 0.5) is 11.4 Å². The van der Waals surface area contributed by atoms with E-state index in [1.807, 2.05) is 59.7 Å². The standard InChI is InChI=1S/C29H29N5O5S/c1-17-14-21(18(2)32(17)23-11-9-19(34(35)36)15-25(23)38-4)28-27(22-8-6-7-13-30-22)31-29(40)33(28)24-12-10-20(37-3)16-26(24)39-5/h6-16,27-28H,1-5H3,(H,31,40)/t27-,28+/m1/s1. The molecule has 2 atom stereocenters. The number of rotatable bonds is 8. The molecule has 4 aromatic rings. The number of anilines is 1. The molecule has 0 radical (unpaired) electrons. The van der Waals surface area contributed by atoms with Gasteiger partial charge in [-0.1, -0.05) is 6.07 Å². The number of aromatic nitrogens is 2. The summed E-state index contributed by atoms with van der Waals surface area (Å²) >= 11 is 5.91. The van der Waals surface area contributed by atoms with E-state index in [1.54, 1.807) is 26.5 Å². The summed E-state index contributed by atoms with van der Waals surface area (Å²) in [5.74, 6) is 1.68. The molecule has 0 aliphatic carbocycles. The van der Waals surface area contributed by atoms with Crippen molar-refractivity contribution in [2.45, 2.75) is 25.9 Å². The molecule has 0 spiro atoms. The second-order valence-corrected chi connectivity index (χ2v) is 9.70. The highest BCUT2D eigenvalue weighted by Gasteiger charge is 2.43. The topological polar surface area (TPSA) is 104 Å². The van der Waals surface area contributed by atoms with E-state index < -0.39 is 4.92 Å². The monoisotopic (exact) mass is 559 g/mol. The van der Waals surface area contributed by atoms with Crippen molar-refractivity contribution in [2.24, 2.45) is 0 Å². The Morgan fingerprint density at radius 1 is 0.950 bits per heavy atom. The van der Waals surface area contributed by atoms with E-state index in [2.05, 4.69) is 16.4 Å². The zero-order valence-electron chi connectivity index (χ0n) is 22.7. The lowest BCUT2D eigenvalue weighted by molar-refractivity contribution is -0.384. The van der Waals surface area contributed by atoms with Crippen molar-refractivity contribution < 1.29 is 19.1 Å². The number of non-ortho nitro benzene ring substituents is 1. The molecule has 1 saturated heterocycles. The fraction of sp³-hybridized carbons (Fsp3) is 0.241. The summed E-state index contributed by atoms with van der Waals surface area (Å²) in [5.41, 5.74) is 5.13. The van der Waals surface area contributed by atoms with Gasteiger partial charge in [-0.15, -0.1) is 0 Å². The molecule has 0 unspecified atom stereocenters. The number of nitro groups is 1. The van der Waals surface area contributed by atoms with Crippen LogP contribution in [0, 0.1) is 24.0 Å². The maximum Gasteiger partial charge on any atom is 0.273 e. The molecule has 2 aromatic carbocycles. The Kier molecular flexibility index (Phi) is 7.31. The summed E-state index contributed by atoms with van der Waals surface area (Å²) in [5, 5.41) is 15.4. The Labute approximate surface area is 237 Å². The van der Waals surface area contributed by atoms with Gasteiger partial charge >= 0.3 is 0 Å². The highest BCUT2D eigenvalue weighted by Crippen LogP contribution is 2.47. The zero-order chi connectivity index (χ0) is 28.6. The molecule has 1 N–H and O–H groups in total. The van der Waals surface area contributed by atoms with Crippen LogP contribution in [0.15, 0.2) is 66.9 Å². The van der Waals surface area contributed by atoms with Crippen LogP contribution < -0.4 is 24.4 Å². The van der Waals surface area contributed by atoms with Crippen LogP contribution in [0.25, 0.3) is 5.69 Å². The van der Waals surface area contributed by atoms with Crippen LogP contribution in [0.5, 0.6) is 17.2 Å². The summed E-state index contributed by atoms with van der Waals surface area (Å²) in [6, 6.07) is 17.6. The van der Waals surface area contributed by atoms with Gasteiger partial charge in [0.15, 0.2) is 5.11 Å². The number of ether oxygens (including phenoxy) is 3. The first-order valence-corrected chi connectivity index (χ1v) is 12.9. The number of nitrogens with one attached hydrogen (secondary N) is 1. The number of methoxy groups -OCH3 is 3. The van der Waals surface area contributed by atoms with Gasteiger partial charge in [-0.2, -0.15) is 0 Å². The molecule has 1 fully saturated rings. The molecule has 11 heteroatoms. The van der Waals surface area contributed by atoms with Gasteiger partial charge in [-0.25, -0.2) is 0 Å². The molecule has 1 aliphatic rings. The van der Waals surface area contributed by atoms with E-state index in [0.717, 1.165) is 28.3 Å². The van der Waals surface area contributed by atoms with Crippen LogP contribution in [0.3, 0.4) is 0 Å². The highest BCUT2D eigenvalue weighted by molar-refractivity contribution is 7.80. The molecule has 5 rings (SSSR count). The van der Waals surface area contributed by atoms with Crippen molar-refractivity contribution in [1.29, 1.82) is 0 Å². The maximum absolute atomic E-state index is 11.4.